The Morgan fingerprint density at radius 1 is 0.765 bits per heavy atom. The van der Waals surface area contributed by atoms with Crippen LogP contribution in [0.4, 0.5) is 0 Å². The summed E-state index contributed by atoms with van der Waals surface area (Å²) in [5, 5.41) is 1.16. The molecular formula is C15H9NO. The summed E-state index contributed by atoms with van der Waals surface area (Å²) in [4.78, 5) is 14.5. The summed E-state index contributed by atoms with van der Waals surface area (Å²) in [7, 11) is 0. The molecule has 0 amide bonds. The van der Waals surface area contributed by atoms with E-state index in [1.54, 1.807) is 6.07 Å². The molecular weight excluding hydrogens is 210 g/mol. The van der Waals surface area contributed by atoms with E-state index in [4.69, 9.17) is 0 Å². The Balaban J connectivity index is 2.34. The number of aromatic nitrogens is 1. The molecule has 0 atom stereocenters. The van der Waals surface area contributed by atoms with Crippen LogP contribution in [0.1, 0.15) is 0 Å². The number of hydrogen-bond donors (Lipinski definition) is 1. The number of aromatic amines is 1. The Bertz CT molecular complexity index is 815. The Kier molecular flexibility index (Phi) is 1.47. The van der Waals surface area contributed by atoms with Crippen molar-refractivity contribution < 1.29 is 0 Å². The number of benzene rings is 2. The van der Waals surface area contributed by atoms with Crippen LogP contribution in [-0.4, -0.2) is 4.98 Å². The van der Waals surface area contributed by atoms with Crippen LogP contribution in [0.2, 0.25) is 0 Å². The van der Waals surface area contributed by atoms with Gasteiger partial charge in [-0.05, 0) is 28.3 Å². The zero-order valence-corrected chi connectivity index (χ0v) is 9.03. The first-order valence-corrected chi connectivity index (χ1v) is 5.60. The van der Waals surface area contributed by atoms with E-state index in [0.29, 0.717) is 0 Å². The Morgan fingerprint density at radius 2 is 1.47 bits per heavy atom. The van der Waals surface area contributed by atoms with Gasteiger partial charge in [0.2, 0.25) is 5.56 Å². The quantitative estimate of drug-likeness (QED) is 0.484. The summed E-state index contributed by atoms with van der Waals surface area (Å²) in [5.74, 6) is 0. The highest BCUT2D eigenvalue weighted by Crippen LogP contribution is 2.45. The predicted molar refractivity (Wildman–Crippen MR) is 69.0 cm³/mol. The largest absolute Gasteiger partial charge is 0.322 e. The SMILES string of the molecule is O=c1cc2c3c(cccc3[nH]1)-c1ccccc1-2. The molecule has 1 aromatic heterocycles. The van der Waals surface area contributed by atoms with Gasteiger partial charge in [-0.1, -0.05) is 36.4 Å². The molecule has 1 heterocycles. The molecule has 1 aliphatic carbocycles. The van der Waals surface area contributed by atoms with Crippen molar-refractivity contribution in [3.8, 4) is 22.3 Å². The van der Waals surface area contributed by atoms with Gasteiger partial charge >= 0.3 is 0 Å². The van der Waals surface area contributed by atoms with Gasteiger partial charge in [0, 0.05) is 17.0 Å². The van der Waals surface area contributed by atoms with Crippen LogP contribution in [0.15, 0.2) is 53.3 Å². The monoisotopic (exact) mass is 219 g/mol. The fraction of sp³-hybridized carbons (Fsp3) is 0. The van der Waals surface area contributed by atoms with Crippen molar-refractivity contribution in [3.05, 3.63) is 58.9 Å². The molecule has 0 aliphatic heterocycles. The fourth-order valence-corrected chi connectivity index (χ4v) is 2.71. The first-order valence-electron chi connectivity index (χ1n) is 5.60. The summed E-state index contributed by atoms with van der Waals surface area (Å²) >= 11 is 0. The minimum absolute atomic E-state index is 0.0404. The summed E-state index contributed by atoms with van der Waals surface area (Å²) in [6, 6.07) is 16.0. The molecule has 0 fully saturated rings. The molecule has 17 heavy (non-hydrogen) atoms. The van der Waals surface area contributed by atoms with Crippen LogP contribution in [0.25, 0.3) is 33.2 Å². The smallest absolute Gasteiger partial charge is 0.249 e. The first-order chi connectivity index (χ1) is 8.34. The number of rotatable bonds is 0. The lowest BCUT2D eigenvalue weighted by Crippen LogP contribution is -2.03. The van der Waals surface area contributed by atoms with Gasteiger partial charge in [0.15, 0.2) is 0 Å². The molecule has 80 valence electrons. The summed E-state index contributed by atoms with van der Waals surface area (Å²) in [6.07, 6.45) is 0. The van der Waals surface area contributed by atoms with Gasteiger partial charge < -0.3 is 4.98 Å². The maximum absolute atomic E-state index is 11.6. The predicted octanol–water partition coefficient (Wildman–Crippen LogP) is 3.18. The minimum Gasteiger partial charge on any atom is -0.322 e. The van der Waals surface area contributed by atoms with Crippen molar-refractivity contribution in [1.29, 1.82) is 0 Å². The van der Waals surface area contributed by atoms with Gasteiger partial charge in [0.05, 0.1) is 0 Å². The fourth-order valence-electron chi connectivity index (χ4n) is 2.71. The zero-order chi connectivity index (χ0) is 11.4. The molecule has 4 rings (SSSR count). The third-order valence-corrected chi connectivity index (χ3v) is 3.37. The van der Waals surface area contributed by atoms with E-state index < -0.39 is 0 Å². The third-order valence-electron chi connectivity index (χ3n) is 3.37. The van der Waals surface area contributed by atoms with Crippen molar-refractivity contribution in [2.24, 2.45) is 0 Å². The van der Waals surface area contributed by atoms with Gasteiger partial charge in [-0.2, -0.15) is 0 Å². The van der Waals surface area contributed by atoms with E-state index in [1.807, 2.05) is 24.3 Å². The molecule has 0 spiro atoms. The van der Waals surface area contributed by atoms with Gasteiger partial charge in [-0.25, -0.2) is 0 Å². The van der Waals surface area contributed by atoms with E-state index in [0.717, 1.165) is 22.0 Å². The molecule has 2 aromatic carbocycles. The number of fused-ring (bicyclic) bond motifs is 3. The van der Waals surface area contributed by atoms with E-state index >= 15 is 0 Å². The Labute approximate surface area is 97.5 Å². The summed E-state index contributed by atoms with van der Waals surface area (Å²) < 4.78 is 0. The van der Waals surface area contributed by atoms with Gasteiger partial charge in [0.1, 0.15) is 0 Å². The second-order valence-electron chi connectivity index (χ2n) is 4.32. The van der Waals surface area contributed by atoms with Crippen LogP contribution < -0.4 is 5.56 Å². The lowest BCUT2D eigenvalue weighted by molar-refractivity contribution is 1.31. The number of pyridine rings is 1. The van der Waals surface area contributed by atoms with Crippen molar-refractivity contribution in [3.63, 3.8) is 0 Å². The highest BCUT2D eigenvalue weighted by atomic mass is 16.1. The van der Waals surface area contributed by atoms with Crippen molar-refractivity contribution in [2.75, 3.05) is 0 Å². The number of H-pyrrole nitrogens is 1. The standard InChI is InChI=1S/C15H9NO/c17-14-8-12-10-5-2-1-4-9(10)11-6-3-7-13(16-14)15(11)12/h1-8H,(H,16,17). The molecule has 0 saturated carbocycles. The van der Waals surface area contributed by atoms with Crippen LogP contribution in [-0.2, 0) is 0 Å². The maximum Gasteiger partial charge on any atom is 0.249 e. The molecule has 0 radical (unpaired) electrons. The molecule has 2 nitrogen and oxygen atoms in total. The summed E-state index contributed by atoms with van der Waals surface area (Å²) in [6.45, 7) is 0. The zero-order valence-electron chi connectivity index (χ0n) is 9.03. The van der Waals surface area contributed by atoms with Gasteiger partial charge in [-0.3, -0.25) is 4.79 Å². The average molecular weight is 219 g/mol. The van der Waals surface area contributed by atoms with Gasteiger partial charge in [-0.15, -0.1) is 0 Å². The highest BCUT2D eigenvalue weighted by molar-refractivity contribution is 6.13. The normalized spacial score (nSPS) is 11.8. The molecule has 0 saturated heterocycles. The molecule has 1 aliphatic rings. The van der Waals surface area contributed by atoms with Crippen molar-refractivity contribution >= 4 is 10.9 Å². The number of nitrogens with one attached hydrogen (secondary N) is 1. The van der Waals surface area contributed by atoms with E-state index in [1.165, 1.54) is 11.1 Å². The maximum atomic E-state index is 11.6. The van der Waals surface area contributed by atoms with Crippen molar-refractivity contribution in [1.82, 2.24) is 4.98 Å². The first kappa shape index (κ1) is 8.76. The van der Waals surface area contributed by atoms with E-state index in [2.05, 4.69) is 23.2 Å². The lowest BCUT2D eigenvalue weighted by Gasteiger charge is -2.00. The average Bonchev–Trinajstić information content (AvgIpc) is 2.67. The highest BCUT2D eigenvalue weighted by Gasteiger charge is 2.20. The van der Waals surface area contributed by atoms with Crippen LogP contribution in [0.3, 0.4) is 0 Å². The number of hydrogen-bond acceptors (Lipinski definition) is 1. The molecule has 0 bridgehead atoms. The van der Waals surface area contributed by atoms with Crippen LogP contribution in [0.5, 0.6) is 0 Å². The summed E-state index contributed by atoms with van der Waals surface area (Å²) in [5.41, 5.74) is 5.51. The molecule has 3 aromatic rings. The van der Waals surface area contributed by atoms with E-state index in [9.17, 15) is 4.79 Å². The topological polar surface area (TPSA) is 32.9 Å². The molecule has 2 heteroatoms. The lowest BCUT2D eigenvalue weighted by atomic mass is 10.1. The molecule has 1 N–H and O–H groups in total. The second-order valence-corrected chi connectivity index (χ2v) is 4.32. The third kappa shape index (κ3) is 1.02. The van der Waals surface area contributed by atoms with E-state index in [-0.39, 0.29) is 5.56 Å². The van der Waals surface area contributed by atoms with Gasteiger partial charge in [0.25, 0.3) is 0 Å². The Morgan fingerprint density at radius 3 is 2.29 bits per heavy atom. The molecule has 0 unspecified atom stereocenters. The Hall–Kier alpha value is -2.35. The van der Waals surface area contributed by atoms with Crippen LogP contribution in [0, 0.1) is 0 Å². The second kappa shape index (κ2) is 2.86. The minimum atomic E-state index is -0.0404. The van der Waals surface area contributed by atoms with Crippen LogP contribution >= 0.6 is 0 Å². The van der Waals surface area contributed by atoms with Crippen molar-refractivity contribution in [2.45, 2.75) is 0 Å².